The molecule has 6 nitrogen and oxygen atoms in total. The van der Waals surface area contributed by atoms with Crippen molar-refractivity contribution in [2.24, 2.45) is 0 Å². The molecule has 0 aliphatic rings. The van der Waals surface area contributed by atoms with Gasteiger partial charge in [0.25, 0.3) is 0 Å². The van der Waals surface area contributed by atoms with Crippen LogP contribution >= 0.6 is 0 Å². The number of hydrogen-bond acceptors (Lipinski definition) is 6. The number of ether oxygens (including phenoxy) is 3. The lowest BCUT2D eigenvalue weighted by atomic mass is 10.0. The average molecular weight is 972 g/mol. The second-order valence-corrected chi connectivity index (χ2v) is 21.0. The molecule has 0 aromatic carbocycles. The van der Waals surface area contributed by atoms with E-state index in [4.69, 9.17) is 14.2 Å². The first-order chi connectivity index (χ1) is 34.0. The fourth-order valence-electron chi connectivity index (χ4n) is 9.30. The van der Waals surface area contributed by atoms with E-state index in [0.717, 1.165) is 77.0 Å². The molecule has 0 radical (unpaired) electrons. The molecule has 1 unspecified atom stereocenters. The number of esters is 3. The van der Waals surface area contributed by atoms with Crippen molar-refractivity contribution in [1.29, 1.82) is 0 Å². The topological polar surface area (TPSA) is 78.9 Å². The van der Waals surface area contributed by atoms with Gasteiger partial charge in [0.1, 0.15) is 13.2 Å². The van der Waals surface area contributed by atoms with Crippen molar-refractivity contribution in [2.45, 2.75) is 348 Å². The molecule has 0 aromatic rings. The van der Waals surface area contributed by atoms with E-state index in [9.17, 15) is 14.4 Å². The maximum Gasteiger partial charge on any atom is 0.306 e. The molecule has 0 saturated carbocycles. The highest BCUT2D eigenvalue weighted by molar-refractivity contribution is 5.71. The summed E-state index contributed by atoms with van der Waals surface area (Å²) in [7, 11) is 0. The van der Waals surface area contributed by atoms with E-state index >= 15 is 0 Å². The smallest absolute Gasteiger partial charge is 0.306 e. The van der Waals surface area contributed by atoms with E-state index in [1.54, 1.807) is 0 Å². The van der Waals surface area contributed by atoms with Gasteiger partial charge in [-0.15, -0.1) is 0 Å². The molecular formula is C63H118O6. The quantitative estimate of drug-likeness (QED) is 0.0261. The van der Waals surface area contributed by atoms with Crippen LogP contribution in [0.2, 0.25) is 0 Å². The van der Waals surface area contributed by atoms with Crippen LogP contribution in [-0.4, -0.2) is 37.2 Å². The third-order valence-electron chi connectivity index (χ3n) is 14.0. The van der Waals surface area contributed by atoms with Crippen LogP contribution in [0.1, 0.15) is 342 Å². The number of allylic oxidation sites excluding steroid dienone is 4. The van der Waals surface area contributed by atoms with E-state index in [1.807, 2.05) is 0 Å². The Bertz CT molecular complexity index is 1110. The van der Waals surface area contributed by atoms with Gasteiger partial charge in [-0.25, -0.2) is 0 Å². The van der Waals surface area contributed by atoms with Gasteiger partial charge in [-0.05, 0) is 51.4 Å². The standard InChI is InChI=1S/C63H118O6/c1-4-7-10-13-16-18-20-22-24-26-27-28-29-30-31-32-33-34-35-36-37-39-40-42-44-47-50-53-56-62(65)68-59-60(58-67-61(64)55-52-49-46-15-12-9-6-3)69-63(66)57-54-51-48-45-43-41-38-25-23-21-19-17-14-11-8-5-2/h19,21,25,38,60H,4-18,20,22-24,26-37,39-59H2,1-3H3/b21-19-,38-25-. The van der Waals surface area contributed by atoms with Crippen LogP contribution in [0.3, 0.4) is 0 Å². The Hall–Kier alpha value is -2.11. The van der Waals surface area contributed by atoms with Crippen molar-refractivity contribution in [2.75, 3.05) is 13.2 Å². The lowest BCUT2D eigenvalue weighted by Crippen LogP contribution is -2.30. The Kier molecular flexibility index (Phi) is 56.7. The summed E-state index contributed by atoms with van der Waals surface area (Å²) >= 11 is 0. The van der Waals surface area contributed by atoms with Crippen molar-refractivity contribution in [3.8, 4) is 0 Å². The Morgan fingerprint density at radius 3 is 0.812 bits per heavy atom. The van der Waals surface area contributed by atoms with Gasteiger partial charge in [-0.2, -0.15) is 0 Å². The Balaban J connectivity index is 4.03. The van der Waals surface area contributed by atoms with Crippen molar-refractivity contribution >= 4 is 17.9 Å². The van der Waals surface area contributed by atoms with Crippen molar-refractivity contribution in [3.05, 3.63) is 24.3 Å². The molecule has 0 aliphatic heterocycles. The van der Waals surface area contributed by atoms with Gasteiger partial charge >= 0.3 is 17.9 Å². The molecule has 0 spiro atoms. The van der Waals surface area contributed by atoms with Crippen molar-refractivity contribution in [1.82, 2.24) is 0 Å². The largest absolute Gasteiger partial charge is 0.462 e. The van der Waals surface area contributed by atoms with Gasteiger partial charge in [0, 0.05) is 19.3 Å². The molecule has 0 bridgehead atoms. The zero-order chi connectivity index (χ0) is 50.0. The van der Waals surface area contributed by atoms with Crippen LogP contribution in [0.4, 0.5) is 0 Å². The lowest BCUT2D eigenvalue weighted by molar-refractivity contribution is -0.167. The van der Waals surface area contributed by atoms with Crippen molar-refractivity contribution < 1.29 is 28.6 Å². The zero-order valence-electron chi connectivity index (χ0n) is 46.6. The Labute approximate surface area is 430 Å². The van der Waals surface area contributed by atoms with Gasteiger partial charge < -0.3 is 14.2 Å². The summed E-state index contributed by atoms with van der Waals surface area (Å²) in [5, 5.41) is 0. The fourth-order valence-corrected chi connectivity index (χ4v) is 9.30. The van der Waals surface area contributed by atoms with E-state index in [0.29, 0.717) is 19.3 Å². The predicted octanol–water partition coefficient (Wildman–Crippen LogP) is 20.7. The van der Waals surface area contributed by atoms with Crippen LogP contribution in [0, 0.1) is 0 Å². The van der Waals surface area contributed by atoms with Crippen molar-refractivity contribution in [3.63, 3.8) is 0 Å². The molecule has 0 fully saturated rings. The number of rotatable bonds is 57. The van der Waals surface area contributed by atoms with Gasteiger partial charge in [-0.3, -0.25) is 14.4 Å². The molecule has 0 aromatic heterocycles. The summed E-state index contributed by atoms with van der Waals surface area (Å²) in [4.78, 5) is 38.0. The molecule has 1 atom stereocenters. The lowest BCUT2D eigenvalue weighted by Gasteiger charge is -2.18. The minimum atomic E-state index is -0.772. The molecular weight excluding hydrogens is 853 g/mol. The van der Waals surface area contributed by atoms with Crippen LogP contribution in [0.15, 0.2) is 24.3 Å². The molecule has 0 heterocycles. The predicted molar refractivity (Wildman–Crippen MR) is 298 cm³/mol. The highest BCUT2D eigenvalue weighted by Gasteiger charge is 2.19. The third-order valence-corrected chi connectivity index (χ3v) is 14.0. The van der Waals surface area contributed by atoms with Gasteiger partial charge in [0.15, 0.2) is 6.10 Å². The summed E-state index contributed by atoms with van der Waals surface area (Å²) in [6, 6.07) is 0. The summed E-state index contributed by atoms with van der Waals surface area (Å²) in [6.07, 6.45) is 69.3. The van der Waals surface area contributed by atoms with Gasteiger partial charge in [0.2, 0.25) is 0 Å². The Morgan fingerprint density at radius 1 is 0.290 bits per heavy atom. The van der Waals surface area contributed by atoms with Crippen LogP contribution < -0.4 is 0 Å². The van der Waals surface area contributed by atoms with Crippen LogP contribution in [0.25, 0.3) is 0 Å². The van der Waals surface area contributed by atoms with E-state index < -0.39 is 6.10 Å². The molecule has 6 heteroatoms. The number of carbonyl (C=O) groups is 3. The van der Waals surface area contributed by atoms with Gasteiger partial charge in [0.05, 0.1) is 0 Å². The molecule has 0 N–H and O–H groups in total. The maximum atomic E-state index is 12.8. The highest BCUT2D eigenvalue weighted by Crippen LogP contribution is 2.18. The number of hydrogen-bond donors (Lipinski definition) is 0. The summed E-state index contributed by atoms with van der Waals surface area (Å²) in [5.74, 6) is -0.874. The van der Waals surface area contributed by atoms with Crippen LogP contribution in [0.5, 0.6) is 0 Å². The molecule has 0 saturated heterocycles. The molecule has 69 heavy (non-hydrogen) atoms. The van der Waals surface area contributed by atoms with E-state index in [-0.39, 0.29) is 31.1 Å². The number of carbonyl (C=O) groups excluding carboxylic acids is 3. The second kappa shape index (κ2) is 58.5. The molecule has 0 rings (SSSR count). The first-order valence-corrected chi connectivity index (χ1v) is 30.8. The fraction of sp³-hybridized carbons (Fsp3) is 0.889. The third kappa shape index (κ3) is 56.7. The number of unbranched alkanes of at least 4 members (excludes halogenated alkanes) is 42. The first kappa shape index (κ1) is 66.9. The minimum Gasteiger partial charge on any atom is -0.462 e. The monoisotopic (exact) mass is 971 g/mol. The molecule has 406 valence electrons. The average Bonchev–Trinajstić information content (AvgIpc) is 3.35. The highest BCUT2D eigenvalue weighted by atomic mass is 16.6. The molecule has 0 amide bonds. The van der Waals surface area contributed by atoms with Gasteiger partial charge in [-0.1, -0.05) is 295 Å². The summed E-state index contributed by atoms with van der Waals surface area (Å²) in [6.45, 7) is 6.62. The normalized spacial score (nSPS) is 12.1. The van der Waals surface area contributed by atoms with E-state index in [1.165, 1.54) is 225 Å². The molecule has 0 aliphatic carbocycles. The Morgan fingerprint density at radius 2 is 0.522 bits per heavy atom. The summed E-state index contributed by atoms with van der Waals surface area (Å²) in [5.41, 5.74) is 0. The van der Waals surface area contributed by atoms with E-state index in [2.05, 4.69) is 45.1 Å². The van der Waals surface area contributed by atoms with Crippen LogP contribution in [-0.2, 0) is 28.6 Å². The summed E-state index contributed by atoms with van der Waals surface area (Å²) < 4.78 is 16.8. The maximum absolute atomic E-state index is 12.8. The second-order valence-electron chi connectivity index (χ2n) is 21.0. The minimum absolute atomic E-state index is 0.0723. The first-order valence-electron chi connectivity index (χ1n) is 30.8. The zero-order valence-corrected chi connectivity index (χ0v) is 46.6. The SMILES string of the molecule is CCCCCC/C=C\C/C=C\CCCCCCCC(=O)OC(COC(=O)CCCCCCCCC)COC(=O)CCCCCCCCCCCCCCCCCCCCCCCCCCCCCC.